The number of carbonyl (C=O) groups is 3. The fourth-order valence-corrected chi connectivity index (χ4v) is 7.60. The number of carbonyl (C=O) groups excluding carboxylic acids is 3. The molecular weight excluding hydrogens is 559 g/mol. The van der Waals surface area contributed by atoms with E-state index in [4.69, 9.17) is 14.2 Å². The molecule has 0 aliphatic heterocycles. The van der Waals surface area contributed by atoms with Gasteiger partial charge in [0.05, 0.1) is 47.6 Å². The standard InChI is InChI=1S/C27H33N3O6S3/c1-5-36-17-7-9-19-21(13-17)39-27(30(19)10-11-34-3)29-23(32)15-37-14-22(31)28-25-24(26(33)35-4)18-8-6-16(2)12-20(18)38-25/h7,9,13,16H,5-6,8,10-12,14-15H2,1-4H3,(H,28,31). The van der Waals surface area contributed by atoms with Gasteiger partial charge in [-0.3, -0.25) is 9.59 Å². The number of esters is 1. The monoisotopic (exact) mass is 591 g/mol. The Hall–Kier alpha value is -2.67. The molecule has 2 heterocycles. The Balaban J connectivity index is 1.42. The highest BCUT2D eigenvalue weighted by Gasteiger charge is 2.28. The largest absolute Gasteiger partial charge is 0.494 e. The van der Waals surface area contributed by atoms with Gasteiger partial charge >= 0.3 is 5.97 Å². The Labute approximate surface area is 239 Å². The highest BCUT2D eigenvalue weighted by atomic mass is 32.2. The third kappa shape index (κ3) is 7.10. The van der Waals surface area contributed by atoms with Crippen LogP contribution < -0.4 is 14.9 Å². The minimum Gasteiger partial charge on any atom is -0.494 e. The van der Waals surface area contributed by atoms with E-state index in [-0.39, 0.29) is 23.3 Å². The number of aromatic nitrogens is 1. The average Bonchev–Trinajstić information content (AvgIpc) is 3.43. The van der Waals surface area contributed by atoms with Gasteiger partial charge in [0.2, 0.25) is 5.91 Å². The second-order valence-electron chi connectivity index (χ2n) is 9.19. The Morgan fingerprint density at radius 1 is 1.21 bits per heavy atom. The van der Waals surface area contributed by atoms with E-state index in [1.54, 1.807) is 7.11 Å². The van der Waals surface area contributed by atoms with Crippen LogP contribution in [0.2, 0.25) is 0 Å². The summed E-state index contributed by atoms with van der Waals surface area (Å²) in [6.45, 7) is 5.72. The third-order valence-corrected chi connectivity index (χ3v) is 9.45. The summed E-state index contributed by atoms with van der Waals surface area (Å²) in [5, 5.41) is 3.40. The quantitative estimate of drug-likeness (QED) is 0.327. The maximum absolute atomic E-state index is 12.7. The Kier molecular flexibility index (Phi) is 10.2. The first kappa shape index (κ1) is 29.3. The molecule has 0 bridgehead atoms. The van der Waals surface area contributed by atoms with Crippen LogP contribution in [-0.4, -0.2) is 61.3 Å². The molecule has 0 saturated heterocycles. The number of rotatable bonds is 11. The van der Waals surface area contributed by atoms with Crippen LogP contribution in [0.25, 0.3) is 10.2 Å². The summed E-state index contributed by atoms with van der Waals surface area (Å²) < 4.78 is 18.8. The number of thiazole rings is 1. The van der Waals surface area contributed by atoms with Crippen LogP contribution in [0, 0.1) is 5.92 Å². The minimum absolute atomic E-state index is 0.0540. The summed E-state index contributed by atoms with van der Waals surface area (Å²) >= 11 is 4.04. The van der Waals surface area contributed by atoms with Crippen LogP contribution in [0.3, 0.4) is 0 Å². The molecule has 0 radical (unpaired) electrons. The number of hydrogen-bond donors (Lipinski definition) is 1. The predicted octanol–water partition coefficient (Wildman–Crippen LogP) is 4.52. The molecule has 1 aliphatic carbocycles. The van der Waals surface area contributed by atoms with E-state index in [2.05, 4.69) is 17.2 Å². The topological polar surface area (TPSA) is 108 Å². The van der Waals surface area contributed by atoms with Gasteiger partial charge < -0.3 is 24.1 Å². The van der Waals surface area contributed by atoms with Gasteiger partial charge in [-0.25, -0.2) is 4.79 Å². The summed E-state index contributed by atoms with van der Waals surface area (Å²) in [6.07, 6.45) is 2.69. The lowest BCUT2D eigenvalue weighted by Gasteiger charge is -2.18. The molecule has 3 aromatic rings. The van der Waals surface area contributed by atoms with Gasteiger partial charge in [0.25, 0.3) is 5.91 Å². The van der Waals surface area contributed by atoms with Crippen molar-refractivity contribution in [1.82, 2.24) is 4.57 Å². The zero-order valence-corrected chi connectivity index (χ0v) is 25.0. The summed E-state index contributed by atoms with van der Waals surface area (Å²) in [5.41, 5.74) is 2.40. The summed E-state index contributed by atoms with van der Waals surface area (Å²) in [7, 11) is 2.98. The molecular formula is C27H33N3O6S3. The predicted molar refractivity (Wildman–Crippen MR) is 156 cm³/mol. The molecule has 39 heavy (non-hydrogen) atoms. The zero-order valence-electron chi connectivity index (χ0n) is 22.5. The van der Waals surface area contributed by atoms with E-state index >= 15 is 0 Å². The van der Waals surface area contributed by atoms with Crippen molar-refractivity contribution >= 4 is 67.4 Å². The van der Waals surface area contributed by atoms with E-state index in [0.29, 0.717) is 41.0 Å². The molecule has 1 aromatic carbocycles. The molecule has 2 aromatic heterocycles. The molecule has 1 unspecified atom stereocenters. The molecule has 1 aliphatic rings. The van der Waals surface area contributed by atoms with Crippen LogP contribution in [-0.2, 0) is 38.4 Å². The highest BCUT2D eigenvalue weighted by Crippen LogP contribution is 2.40. The Morgan fingerprint density at radius 2 is 2.03 bits per heavy atom. The van der Waals surface area contributed by atoms with Crippen molar-refractivity contribution in [3.05, 3.63) is 39.0 Å². The number of fused-ring (bicyclic) bond motifs is 2. The molecule has 210 valence electrons. The van der Waals surface area contributed by atoms with Crippen molar-refractivity contribution in [2.45, 2.75) is 39.7 Å². The first-order valence-electron chi connectivity index (χ1n) is 12.8. The van der Waals surface area contributed by atoms with Crippen molar-refractivity contribution in [2.24, 2.45) is 10.9 Å². The van der Waals surface area contributed by atoms with Crippen molar-refractivity contribution in [3.8, 4) is 5.75 Å². The fraction of sp³-hybridized carbons (Fsp3) is 0.481. The maximum Gasteiger partial charge on any atom is 0.341 e. The van der Waals surface area contributed by atoms with E-state index < -0.39 is 5.97 Å². The number of nitrogens with one attached hydrogen (secondary N) is 1. The van der Waals surface area contributed by atoms with Crippen LogP contribution in [0.1, 0.15) is 41.1 Å². The average molecular weight is 592 g/mol. The normalized spacial score (nSPS) is 15.3. The van der Waals surface area contributed by atoms with E-state index in [9.17, 15) is 14.4 Å². The lowest BCUT2D eigenvalue weighted by molar-refractivity contribution is -0.115. The number of anilines is 1. The molecule has 0 saturated carbocycles. The first-order chi connectivity index (χ1) is 18.8. The van der Waals surface area contributed by atoms with Crippen molar-refractivity contribution in [1.29, 1.82) is 0 Å². The van der Waals surface area contributed by atoms with Crippen molar-refractivity contribution < 1.29 is 28.6 Å². The van der Waals surface area contributed by atoms with Crippen LogP contribution in [0.15, 0.2) is 23.2 Å². The van der Waals surface area contributed by atoms with E-state index in [1.165, 1.54) is 41.5 Å². The minimum atomic E-state index is -0.433. The lowest BCUT2D eigenvalue weighted by atomic mass is 9.88. The summed E-state index contributed by atoms with van der Waals surface area (Å²) in [4.78, 5) is 44.0. The number of thiophene rings is 1. The second kappa shape index (κ2) is 13.6. The SMILES string of the molecule is CCOc1ccc2c(c1)sc(=NC(=O)CSCC(=O)Nc1sc3c(c1C(=O)OC)CCC(C)C3)n2CCOC. The van der Waals surface area contributed by atoms with E-state index in [0.717, 1.165) is 45.7 Å². The number of benzene rings is 1. The second-order valence-corrected chi connectivity index (χ2v) is 12.3. The Bertz CT molecular complexity index is 1420. The highest BCUT2D eigenvalue weighted by molar-refractivity contribution is 8.00. The fourth-order valence-electron chi connectivity index (χ4n) is 4.48. The number of ether oxygens (including phenoxy) is 3. The van der Waals surface area contributed by atoms with Crippen LogP contribution in [0.5, 0.6) is 5.75 Å². The van der Waals surface area contributed by atoms with Crippen molar-refractivity contribution in [3.63, 3.8) is 0 Å². The lowest BCUT2D eigenvalue weighted by Crippen LogP contribution is -2.20. The van der Waals surface area contributed by atoms with Gasteiger partial charge in [-0.1, -0.05) is 18.3 Å². The third-order valence-electron chi connectivity index (χ3n) is 6.32. The van der Waals surface area contributed by atoms with Gasteiger partial charge in [-0.05, 0) is 55.9 Å². The van der Waals surface area contributed by atoms with Gasteiger partial charge in [0.1, 0.15) is 10.8 Å². The molecule has 0 fully saturated rings. The number of thioether (sulfide) groups is 1. The van der Waals surface area contributed by atoms with Gasteiger partial charge in [0, 0.05) is 18.5 Å². The van der Waals surface area contributed by atoms with E-state index in [1.807, 2.05) is 29.7 Å². The van der Waals surface area contributed by atoms with Gasteiger partial charge in [-0.2, -0.15) is 4.99 Å². The number of nitrogens with zero attached hydrogens (tertiary/aromatic N) is 2. The number of hydrogen-bond acceptors (Lipinski definition) is 9. The molecule has 1 atom stereocenters. The van der Waals surface area contributed by atoms with Crippen LogP contribution >= 0.6 is 34.4 Å². The molecule has 9 nitrogen and oxygen atoms in total. The first-order valence-corrected chi connectivity index (χ1v) is 15.6. The van der Waals surface area contributed by atoms with Crippen molar-refractivity contribution in [2.75, 3.05) is 44.3 Å². The van der Waals surface area contributed by atoms with Gasteiger partial charge in [0.15, 0.2) is 4.80 Å². The smallest absolute Gasteiger partial charge is 0.341 e. The zero-order chi connectivity index (χ0) is 27.9. The molecule has 1 N–H and O–H groups in total. The molecule has 0 spiro atoms. The molecule has 2 amide bonds. The Morgan fingerprint density at radius 3 is 2.77 bits per heavy atom. The maximum atomic E-state index is 12.7. The van der Waals surface area contributed by atoms with Crippen LogP contribution in [0.4, 0.5) is 5.00 Å². The molecule has 12 heteroatoms. The number of amides is 2. The van der Waals surface area contributed by atoms with Gasteiger partial charge in [-0.15, -0.1) is 23.1 Å². The molecule has 4 rings (SSSR count). The summed E-state index contributed by atoms with van der Waals surface area (Å²) in [6, 6.07) is 5.81. The number of methoxy groups -OCH3 is 2. The summed E-state index contributed by atoms with van der Waals surface area (Å²) in [5.74, 6) is 0.388.